The van der Waals surface area contributed by atoms with Gasteiger partial charge in [-0.2, -0.15) is 26.3 Å². The molecule has 0 aromatic rings. The molecule has 0 atom stereocenters. The molecule has 166 valence electrons. The Kier molecular flexibility index (Phi) is 10.0. The van der Waals surface area contributed by atoms with E-state index in [1.807, 2.05) is 0 Å². The number of quaternary nitrogens is 1. The first kappa shape index (κ1) is 28.8. The zero-order valence-electron chi connectivity index (χ0n) is 15.6. The summed E-state index contributed by atoms with van der Waals surface area (Å²) in [6.45, 7) is 12.1. The molecule has 0 amide bonds. The van der Waals surface area contributed by atoms with E-state index in [0.717, 1.165) is 21.8 Å². The van der Waals surface area contributed by atoms with Crippen LogP contribution in [-0.2, 0) is 24.5 Å². The van der Waals surface area contributed by atoms with Gasteiger partial charge in [-0.15, -0.1) is 0 Å². The molecule has 0 saturated heterocycles. The van der Waals surface area contributed by atoms with Gasteiger partial charge in [0, 0.05) is 0 Å². The van der Waals surface area contributed by atoms with Crippen molar-refractivity contribution >= 4 is 28.4 Å². The van der Waals surface area contributed by atoms with Crippen LogP contribution in [0.15, 0.2) is 0 Å². The monoisotopic (exact) mass is 470 g/mol. The molecule has 0 N–H and O–H groups in total. The standard InChI is InChI=1S/C9H24NOSi.C2F6NO4S2/c1-7-10(2,3)8-9-11-12(4,5)6;3-1(4,5)14(10,11)9-15(12,13)2(6,7)8/h7-9H2,1-6H3;/q+1;-1. The molecule has 0 unspecified atom stereocenters. The minimum atomic E-state index is -6.72. The number of halogens is 6. The minimum Gasteiger partial charge on any atom is -0.421 e. The van der Waals surface area contributed by atoms with E-state index in [-0.39, 0.29) is 0 Å². The lowest BCUT2D eigenvalue weighted by Gasteiger charge is -2.29. The van der Waals surface area contributed by atoms with Crippen LogP contribution in [-0.4, -0.2) is 74.4 Å². The average molecular weight is 471 g/mol. The molecule has 0 fully saturated rings. The van der Waals surface area contributed by atoms with Crippen LogP contribution in [0.25, 0.3) is 4.13 Å². The Bertz CT molecular complexity index is 627. The van der Waals surface area contributed by atoms with Gasteiger partial charge in [0.15, 0.2) is 28.4 Å². The number of hydrogen-bond acceptors (Lipinski definition) is 5. The van der Waals surface area contributed by atoms with E-state index in [9.17, 15) is 43.2 Å². The lowest BCUT2D eigenvalue weighted by Crippen LogP contribution is -2.43. The van der Waals surface area contributed by atoms with E-state index >= 15 is 0 Å². The van der Waals surface area contributed by atoms with Crippen molar-refractivity contribution in [1.29, 1.82) is 0 Å². The van der Waals surface area contributed by atoms with Crippen molar-refractivity contribution in [3.05, 3.63) is 4.13 Å². The molecule has 0 spiro atoms. The highest BCUT2D eigenvalue weighted by Crippen LogP contribution is 2.36. The lowest BCUT2D eigenvalue weighted by molar-refractivity contribution is -0.888. The number of hydrogen-bond donors (Lipinski definition) is 0. The molecule has 0 aliphatic carbocycles. The fourth-order valence-electron chi connectivity index (χ4n) is 0.971. The largest absolute Gasteiger partial charge is 0.480 e. The first-order valence-electron chi connectivity index (χ1n) is 7.30. The van der Waals surface area contributed by atoms with Gasteiger partial charge in [-0.05, 0) is 26.6 Å². The smallest absolute Gasteiger partial charge is 0.421 e. The van der Waals surface area contributed by atoms with Gasteiger partial charge in [0.1, 0.15) is 6.54 Å². The molecular weight excluding hydrogens is 446 g/mol. The van der Waals surface area contributed by atoms with Crippen molar-refractivity contribution in [3.8, 4) is 0 Å². The van der Waals surface area contributed by atoms with Crippen LogP contribution in [0.1, 0.15) is 6.92 Å². The second kappa shape index (κ2) is 9.38. The van der Waals surface area contributed by atoms with Crippen LogP contribution < -0.4 is 0 Å². The zero-order chi connectivity index (χ0) is 22.5. The van der Waals surface area contributed by atoms with E-state index in [0.29, 0.717) is 0 Å². The predicted octanol–water partition coefficient (Wildman–Crippen LogP) is 2.99. The summed E-state index contributed by atoms with van der Waals surface area (Å²) in [7, 11) is -10.2. The minimum absolute atomic E-state index is 0.778. The van der Waals surface area contributed by atoms with Gasteiger partial charge in [-0.3, -0.25) is 0 Å². The van der Waals surface area contributed by atoms with E-state index < -0.39 is 39.4 Å². The maximum atomic E-state index is 11.4. The Morgan fingerprint density at radius 2 is 1.22 bits per heavy atom. The van der Waals surface area contributed by atoms with Crippen LogP contribution in [0, 0.1) is 0 Å². The summed E-state index contributed by atoms with van der Waals surface area (Å²) < 4.78 is 116. The molecule has 27 heavy (non-hydrogen) atoms. The third-order valence-corrected chi connectivity index (χ3v) is 6.68. The van der Waals surface area contributed by atoms with Gasteiger partial charge in [0.2, 0.25) is 0 Å². The van der Waals surface area contributed by atoms with E-state index in [1.165, 1.54) is 6.54 Å². The Morgan fingerprint density at radius 3 is 1.44 bits per heavy atom. The molecule has 0 aliphatic heterocycles. The van der Waals surface area contributed by atoms with Crippen molar-refractivity contribution < 1.29 is 52.1 Å². The maximum absolute atomic E-state index is 11.4. The molecule has 0 radical (unpaired) electrons. The number of nitrogens with zero attached hydrogens (tertiary/aromatic N) is 2. The second-order valence-electron chi connectivity index (χ2n) is 6.85. The van der Waals surface area contributed by atoms with Crippen molar-refractivity contribution in [2.45, 2.75) is 37.6 Å². The van der Waals surface area contributed by atoms with Gasteiger partial charge in [-0.25, -0.2) is 16.8 Å². The van der Waals surface area contributed by atoms with Crippen molar-refractivity contribution in [3.63, 3.8) is 0 Å². The fourth-order valence-corrected chi connectivity index (χ4v) is 3.38. The summed E-state index contributed by atoms with van der Waals surface area (Å²) in [5.74, 6) is 0. The predicted molar refractivity (Wildman–Crippen MR) is 90.1 cm³/mol. The molecule has 0 aromatic heterocycles. The van der Waals surface area contributed by atoms with Crippen molar-refractivity contribution in [2.75, 3.05) is 33.8 Å². The second-order valence-corrected chi connectivity index (χ2v) is 14.8. The molecule has 0 aliphatic rings. The number of sulfonamides is 2. The number of rotatable bonds is 7. The average Bonchev–Trinajstić information content (AvgIpc) is 2.33. The summed E-state index contributed by atoms with van der Waals surface area (Å²) in [4.78, 5) is 0. The summed E-state index contributed by atoms with van der Waals surface area (Å²) in [6.07, 6.45) is 0. The highest BCUT2D eigenvalue weighted by molar-refractivity contribution is 8.13. The van der Waals surface area contributed by atoms with E-state index in [2.05, 4.69) is 40.7 Å². The Morgan fingerprint density at radius 1 is 0.889 bits per heavy atom. The van der Waals surface area contributed by atoms with Gasteiger partial charge in [0.05, 0.1) is 27.2 Å². The van der Waals surface area contributed by atoms with Gasteiger partial charge < -0.3 is 13.0 Å². The molecule has 0 rings (SSSR count). The Labute approximate surface area is 156 Å². The summed E-state index contributed by atoms with van der Waals surface area (Å²) in [5, 5.41) is 0. The quantitative estimate of drug-likeness (QED) is 0.324. The molecule has 0 heterocycles. The molecule has 0 bridgehead atoms. The zero-order valence-corrected chi connectivity index (χ0v) is 18.3. The number of likely N-dealkylation sites (N-methyl/N-ethyl adjacent to an activating group) is 1. The molecule has 7 nitrogen and oxygen atoms in total. The van der Waals surface area contributed by atoms with Gasteiger partial charge >= 0.3 is 11.0 Å². The summed E-state index contributed by atoms with van der Waals surface area (Å²) in [5.41, 5.74) is -12.4. The number of alkyl halides is 6. The van der Waals surface area contributed by atoms with Crippen LogP contribution in [0.2, 0.25) is 19.6 Å². The highest BCUT2D eigenvalue weighted by atomic mass is 32.3. The van der Waals surface area contributed by atoms with E-state index in [4.69, 9.17) is 4.43 Å². The first-order valence-corrected chi connectivity index (χ1v) is 13.6. The molecular formula is C11H24F6N2O5S2Si. The van der Waals surface area contributed by atoms with E-state index in [1.54, 1.807) is 0 Å². The Hall–Kier alpha value is -0.423. The van der Waals surface area contributed by atoms with Crippen LogP contribution in [0.4, 0.5) is 26.3 Å². The summed E-state index contributed by atoms with van der Waals surface area (Å²) >= 11 is 0. The van der Waals surface area contributed by atoms with Crippen molar-refractivity contribution in [2.24, 2.45) is 0 Å². The third kappa shape index (κ3) is 11.9. The van der Waals surface area contributed by atoms with Crippen LogP contribution >= 0.6 is 0 Å². The lowest BCUT2D eigenvalue weighted by atomic mass is 10.4. The highest BCUT2D eigenvalue weighted by Gasteiger charge is 2.46. The van der Waals surface area contributed by atoms with Crippen LogP contribution in [0.3, 0.4) is 0 Å². The summed E-state index contributed by atoms with van der Waals surface area (Å²) in [6, 6.07) is 0. The topological polar surface area (TPSA) is 91.6 Å². The normalized spacial score (nSPS) is 14.5. The molecule has 0 saturated carbocycles. The van der Waals surface area contributed by atoms with Gasteiger partial charge in [-0.1, -0.05) is 0 Å². The third-order valence-electron chi connectivity index (χ3n) is 2.87. The SMILES string of the molecule is CC[N+](C)(C)CCO[Si](C)(C)C.O=S(=O)([N-]S(=O)(=O)C(F)(F)F)C(F)(F)F. The van der Waals surface area contributed by atoms with Gasteiger partial charge in [0.25, 0.3) is 0 Å². The van der Waals surface area contributed by atoms with Crippen LogP contribution in [0.5, 0.6) is 0 Å². The maximum Gasteiger partial charge on any atom is 0.480 e. The fraction of sp³-hybridized carbons (Fsp3) is 1.00. The molecule has 16 heteroatoms. The molecule has 0 aromatic carbocycles. The Balaban J connectivity index is 0. The first-order chi connectivity index (χ1) is 11.5. The van der Waals surface area contributed by atoms with Crippen molar-refractivity contribution in [1.82, 2.24) is 0 Å².